The minimum atomic E-state index is -0.433. The monoisotopic (exact) mass is 213 g/mol. The number of rotatable bonds is 2. The minimum absolute atomic E-state index is 0.00751. The molecule has 2 rings (SSSR count). The van der Waals surface area contributed by atoms with Gasteiger partial charge < -0.3 is 4.90 Å². The van der Waals surface area contributed by atoms with Gasteiger partial charge in [0.1, 0.15) is 6.33 Å². The zero-order valence-electron chi connectivity index (χ0n) is 8.37. The van der Waals surface area contributed by atoms with E-state index in [1.165, 1.54) is 6.33 Å². The van der Waals surface area contributed by atoms with Gasteiger partial charge in [0.15, 0.2) is 11.6 Å². The molecule has 1 aromatic heterocycles. The molecule has 0 spiro atoms. The Kier molecular flexibility index (Phi) is 3.08. The van der Waals surface area contributed by atoms with E-state index in [0.29, 0.717) is 12.4 Å². The number of anilines is 1. The molecule has 5 heteroatoms. The fourth-order valence-electron chi connectivity index (χ4n) is 1.92. The van der Waals surface area contributed by atoms with Crippen LogP contribution < -0.4 is 4.90 Å². The fourth-order valence-corrected chi connectivity index (χ4v) is 1.92. The van der Waals surface area contributed by atoms with Crippen LogP contribution >= 0.6 is 0 Å². The molecule has 1 aliphatic rings. The van der Waals surface area contributed by atoms with Gasteiger partial charge in [-0.25, -0.2) is 14.4 Å². The molecule has 0 bridgehead atoms. The van der Waals surface area contributed by atoms with E-state index >= 15 is 0 Å². The van der Waals surface area contributed by atoms with Crippen molar-refractivity contribution in [2.24, 2.45) is 5.92 Å². The van der Waals surface area contributed by atoms with Crippen molar-refractivity contribution in [3.63, 3.8) is 0 Å². The molecule has 3 nitrogen and oxygen atoms in total. The highest BCUT2D eigenvalue weighted by Gasteiger charge is 2.22. The van der Waals surface area contributed by atoms with Crippen LogP contribution in [0.2, 0.25) is 0 Å². The molecular formula is C10H13F2N3. The van der Waals surface area contributed by atoms with Crippen molar-refractivity contribution in [1.82, 2.24) is 9.97 Å². The Morgan fingerprint density at radius 2 is 2.40 bits per heavy atom. The van der Waals surface area contributed by atoms with E-state index in [1.807, 2.05) is 0 Å². The van der Waals surface area contributed by atoms with Crippen LogP contribution in [-0.2, 0) is 0 Å². The third kappa shape index (κ3) is 2.22. The fraction of sp³-hybridized carbons (Fsp3) is 0.600. The lowest BCUT2D eigenvalue weighted by Gasteiger charge is -2.32. The Bertz CT molecular complexity index is 332. The van der Waals surface area contributed by atoms with E-state index < -0.39 is 5.82 Å². The zero-order valence-corrected chi connectivity index (χ0v) is 8.37. The minimum Gasteiger partial charge on any atom is -0.354 e. The van der Waals surface area contributed by atoms with Crippen molar-refractivity contribution < 1.29 is 8.78 Å². The first-order valence-electron chi connectivity index (χ1n) is 5.07. The number of hydrogen-bond acceptors (Lipinski definition) is 3. The molecule has 82 valence electrons. The third-order valence-electron chi connectivity index (χ3n) is 2.68. The van der Waals surface area contributed by atoms with Crippen molar-refractivity contribution in [2.45, 2.75) is 12.8 Å². The van der Waals surface area contributed by atoms with Crippen LogP contribution in [0.3, 0.4) is 0 Å². The van der Waals surface area contributed by atoms with Crippen molar-refractivity contribution in [1.29, 1.82) is 0 Å². The molecule has 0 N–H and O–H groups in total. The second-order valence-electron chi connectivity index (χ2n) is 3.80. The summed E-state index contributed by atoms with van der Waals surface area (Å²) in [7, 11) is 0. The molecule has 0 saturated carbocycles. The number of aromatic nitrogens is 2. The SMILES string of the molecule is FCC1CCCN(c2ncncc2F)C1. The summed E-state index contributed by atoms with van der Waals surface area (Å²) in [4.78, 5) is 9.28. The van der Waals surface area contributed by atoms with Gasteiger partial charge in [-0.1, -0.05) is 0 Å². The summed E-state index contributed by atoms with van der Waals surface area (Å²) in [5.41, 5.74) is 0. The van der Waals surface area contributed by atoms with Gasteiger partial charge in [0.2, 0.25) is 0 Å². The first kappa shape index (κ1) is 10.3. The first-order valence-corrected chi connectivity index (χ1v) is 5.07. The molecule has 1 unspecified atom stereocenters. The molecule has 1 aromatic rings. The highest BCUT2D eigenvalue weighted by molar-refractivity contribution is 5.38. The maximum atomic E-state index is 13.3. The molecule has 1 saturated heterocycles. The topological polar surface area (TPSA) is 29.0 Å². The van der Waals surface area contributed by atoms with Crippen molar-refractivity contribution >= 4 is 5.82 Å². The molecule has 0 aliphatic carbocycles. The average Bonchev–Trinajstić information content (AvgIpc) is 2.30. The normalized spacial score (nSPS) is 21.7. The Hall–Kier alpha value is -1.26. The highest BCUT2D eigenvalue weighted by atomic mass is 19.1. The van der Waals surface area contributed by atoms with E-state index in [9.17, 15) is 8.78 Å². The molecule has 1 fully saturated rings. The second kappa shape index (κ2) is 4.51. The first-order chi connectivity index (χ1) is 7.31. The maximum absolute atomic E-state index is 13.3. The van der Waals surface area contributed by atoms with Gasteiger partial charge in [-0.05, 0) is 12.8 Å². The second-order valence-corrected chi connectivity index (χ2v) is 3.80. The predicted octanol–water partition coefficient (Wildman–Crippen LogP) is 1.80. The smallest absolute Gasteiger partial charge is 0.183 e. The molecule has 1 aliphatic heterocycles. The summed E-state index contributed by atoms with van der Waals surface area (Å²) >= 11 is 0. The summed E-state index contributed by atoms with van der Waals surface area (Å²) in [5, 5.41) is 0. The number of halogens is 2. The molecule has 1 atom stereocenters. The van der Waals surface area contributed by atoms with Crippen molar-refractivity contribution in [3.8, 4) is 0 Å². The van der Waals surface area contributed by atoms with E-state index in [1.54, 1.807) is 4.90 Å². The van der Waals surface area contributed by atoms with Crippen LogP contribution in [0.25, 0.3) is 0 Å². The standard InChI is InChI=1S/C10H13F2N3/c11-4-8-2-1-3-15(6-8)10-9(12)5-13-7-14-10/h5,7-8H,1-4,6H2. The van der Waals surface area contributed by atoms with Gasteiger partial charge in [-0.2, -0.15) is 0 Å². The summed E-state index contributed by atoms with van der Waals surface area (Å²) < 4.78 is 25.9. The summed E-state index contributed by atoms with van der Waals surface area (Å²) in [6, 6.07) is 0. The van der Waals surface area contributed by atoms with Crippen molar-refractivity contribution in [3.05, 3.63) is 18.3 Å². The molecule has 2 heterocycles. The predicted molar refractivity (Wildman–Crippen MR) is 52.9 cm³/mol. The van der Waals surface area contributed by atoms with Gasteiger partial charge in [0.05, 0.1) is 12.9 Å². The van der Waals surface area contributed by atoms with Gasteiger partial charge in [0.25, 0.3) is 0 Å². The Balaban J connectivity index is 2.13. The number of hydrogen-bond donors (Lipinski definition) is 0. The largest absolute Gasteiger partial charge is 0.354 e. The quantitative estimate of drug-likeness (QED) is 0.750. The summed E-state index contributed by atoms with van der Waals surface area (Å²) in [5.74, 6) is -0.131. The Morgan fingerprint density at radius 3 is 3.13 bits per heavy atom. The van der Waals surface area contributed by atoms with Crippen LogP contribution in [0.4, 0.5) is 14.6 Å². The Labute approximate surface area is 87.1 Å². The summed E-state index contributed by atoms with van der Waals surface area (Å²) in [6.07, 6.45) is 4.22. The van der Waals surface area contributed by atoms with Crippen LogP contribution in [0.5, 0.6) is 0 Å². The molecule has 0 aromatic carbocycles. The molecule has 15 heavy (non-hydrogen) atoms. The van der Waals surface area contributed by atoms with E-state index in [-0.39, 0.29) is 12.6 Å². The van der Waals surface area contributed by atoms with E-state index in [2.05, 4.69) is 9.97 Å². The van der Waals surface area contributed by atoms with Gasteiger partial charge in [-0.15, -0.1) is 0 Å². The number of alkyl halides is 1. The maximum Gasteiger partial charge on any atom is 0.183 e. The molecule has 0 radical (unpaired) electrons. The number of piperidine rings is 1. The van der Waals surface area contributed by atoms with E-state index in [4.69, 9.17) is 0 Å². The van der Waals surface area contributed by atoms with Gasteiger partial charge >= 0.3 is 0 Å². The van der Waals surface area contributed by atoms with Crippen molar-refractivity contribution in [2.75, 3.05) is 24.7 Å². The third-order valence-corrected chi connectivity index (χ3v) is 2.68. The van der Waals surface area contributed by atoms with Crippen LogP contribution in [0.15, 0.2) is 12.5 Å². The van der Waals surface area contributed by atoms with Gasteiger partial charge in [0, 0.05) is 19.0 Å². The average molecular weight is 213 g/mol. The lowest BCUT2D eigenvalue weighted by molar-refractivity contribution is 0.314. The highest BCUT2D eigenvalue weighted by Crippen LogP contribution is 2.23. The van der Waals surface area contributed by atoms with Gasteiger partial charge in [-0.3, -0.25) is 4.39 Å². The van der Waals surface area contributed by atoms with Crippen LogP contribution in [-0.4, -0.2) is 29.7 Å². The number of nitrogens with zero attached hydrogens (tertiary/aromatic N) is 3. The molecule has 0 amide bonds. The van der Waals surface area contributed by atoms with Crippen LogP contribution in [0.1, 0.15) is 12.8 Å². The summed E-state index contributed by atoms with van der Waals surface area (Å²) in [6.45, 7) is 0.943. The zero-order chi connectivity index (χ0) is 10.7. The van der Waals surface area contributed by atoms with E-state index in [0.717, 1.165) is 25.6 Å². The lowest BCUT2D eigenvalue weighted by Crippen LogP contribution is -2.37. The van der Waals surface area contributed by atoms with Crippen LogP contribution in [0, 0.1) is 11.7 Å². The molecular weight excluding hydrogens is 200 g/mol. The Morgan fingerprint density at radius 1 is 1.53 bits per heavy atom. The lowest BCUT2D eigenvalue weighted by atomic mass is 9.99.